The summed E-state index contributed by atoms with van der Waals surface area (Å²) >= 11 is 6.12. The van der Waals surface area contributed by atoms with Crippen molar-refractivity contribution in [1.29, 1.82) is 0 Å². The van der Waals surface area contributed by atoms with E-state index in [4.69, 9.17) is 17.3 Å². The Bertz CT molecular complexity index is 1290. The van der Waals surface area contributed by atoms with Gasteiger partial charge in [-0.2, -0.15) is 0 Å². The summed E-state index contributed by atoms with van der Waals surface area (Å²) in [4.78, 5) is 26.6. The van der Waals surface area contributed by atoms with Crippen LogP contribution in [-0.2, 0) is 16.6 Å². The van der Waals surface area contributed by atoms with Gasteiger partial charge in [-0.1, -0.05) is 29.8 Å². The number of likely N-dealkylation sites (tertiary alicyclic amines) is 1. The number of halogens is 2. The van der Waals surface area contributed by atoms with Gasteiger partial charge in [-0.3, -0.25) is 13.9 Å². The number of benzene rings is 2. The molecule has 2 aromatic rings. The first-order valence-electron chi connectivity index (χ1n) is 14.3. The molecule has 10 nitrogen and oxygen atoms in total. The van der Waals surface area contributed by atoms with Gasteiger partial charge in [-0.15, -0.1) is 10.8 Å². The van der Waals surface area contributed by atoms with Crippen molar-refractivity contribution in [1.82, 2.24) is 14.5 Å². The van der Waals surface area contributed by atoms with Gasteiger partial charge >= 0.3 is 6.09 Å². The molecule has 0 spiro atoms. The van der Waals surface area contributed by atoms with Crippen LogP contribution in [0, 0.1) is 5.82 Å². The molecule has 3 aliphatic heterocycles. The number of hydrogen-bond acceptors (Lipinski definition) is 7. The van der Waals surface area contributed by atoms with E-state index in [-0.39, 0.29) is 31.6 Å². The number of amides is 2. The van der Waals surface area contributed by atoms with Crippen molar-refractivity contribution in [2.75, 3.05) is 37.2 Å². The predicted molar refractivity (Wildman–Crippen MR) is 163 cm³/mol. The third kappa shape index (κ3) is 6.40. The number of anilines is 1. The van der Waals surface area contributed by atoms with Gasteiger partial charge in [0.15, 0.2) is 0 Å². The molecule has 0 aromatic heterocycles. The maximum atomic E-state index is 15.2. The molecule has 2 amide bonds. The summed E-state index contributed by atoms with van der Waals surface area (Å²) in [6.45, 7) is 1.54. The molecule has 230 valence electrons. The Morgan fingerprint density at radius 2 is 1.90 bits per heavy atom. The van der Waals surface area contributed by atoms with E-state index >= 15 is 4.39 Å². The van der Waals surface area contributed by atoms with Crippen LogP contribution in [0.15, 0.2) is 42.5 Å². The largest absolute Gasteiger partial charge is 0.465 e. The zero-order valence-electron chi connectivity index (χ0n) is 23.3. The van der Waals surface area contributed by atoms with E-state index in [1.807, 2.05) is 12.1 Å². The molecule has 3 fully saturated rings. The summed E-state index contributed by atoms with van der Waals surface area (Å²) in [5.41, 5.74) is 7.26. The number of carboxylic acid groups (broad SMARTS) is 1. The van der Waals surface area contributed by atoms with E-state index in [9.17, 15) is 23.8 Å². The van der Waals surface area contributed by atoms with Crippen LogP contribution in [-0.4, -0.2) is 85.5 Å². The Morgan fingerprint density at radius 1 is 1.19 bits per heavy atom. The lowest BCUT2D eigenvalue weighted by molar-refractivity contribution is -0.119. The minimum Gasteiger partial charge on any atom is -0.465 e. The van der Waals surface area contributed by atoms with E-state index in [2.05, 4.69) is 10.6 Å². The van der Waals surface area contributed by atoms with E-state index in [1.54, 1.807) is 22.5 Å². The van der Waals surface area contributed by atoms with Gasteiger partial charge in [0.2, 0.25) is 5.91 Å². The molecule has 0 aliphatic carbocycles. The molecule has 13 heteroatoms. The van der Waals surface area contributed by atoms with Crippen LogP contribution in [0.5, 0.6) is 0 Å². The Labute approximate surface area is 251 Å². The number of fused-ring (bicyclic) bond motifs is 2. The summed E-state index contributed by atoms with van der Waals surface area (Å²) < 4.78 is 38.5. The van der Waals surface area contributed by atoms with Crippen molar-refractivity contribution in [2.45, 2.75) is 62.1 Å². The predicted octanol–water partition coefficient (Wildman–Crippen LogP) is 4.49. The van der Waals surface area contributed by atoms with Crippen LogP contribution in [0.3, 0.4) is 0 Å². The van der Waals surface area contributed by atoms with Gasteiger partial charge in [0.25, 0.3) is 0 Å². The third-order valence-corrected chi connectivity index (χ3v) is 11.4. The first-order chi connectivity index (χ1) is 20.0. The zero-order valence-corrected chi connectivity index (χ0v) is 24.9. The minimum atomic E-state index is -2.89. The molecule has 3 aliphatic rings. The van der Waals surface area contributed by atoms with Crippen molar-refractivity contribution >= 4 is 40.1 Å². The maximum absolute atomic E-state index is 15.2. The molecular weight excluding hydrogens is 585 g/mol. The number of nitrogens with zero attached hydrogens (tertiary/aromatic N) is 2. The number of piperidine rings is 1. The molecule has 0 saturated carbocycles. The lowest BCUT2D eigenvalue weighted by atomic mass is 9.67. The van der Waals surface area contributed by atoms with Crippen LogP contribution in [0.25, 0.3) is 0 Å². The van der Waals surface area contributed by atoms with Crippen molar-refractivity contribution in [3.05, 3.63) is 64.4 Å². The Kier molecular flexibility index (Phi) is 9.33. The summed E-state index contributed by atoms with van der Waals surface area (Å²) in [6.07, 6.45) is 2.01. The second-order valence-corrected chi connectivity index (χ2v) is 14.1. The van der Waals surface area contributed by atoms with Crippen molar-refractivity contribution in [3.63, 3.8) is 0 Å². The van der Waals surface area contributed by atoms with Gasteiger partial charge in [-0.05, 0) is 68.4 Å². The fourth-order valence-electron chi connectivity index (χ4n) is 6.63. The molecule has 42 heavy (non-hydrogen) atoms. The Balaban J connectivity index is 1.34. The maximum Gasteiger partial charge on any atom is 0.407 e. The van der Waals surface area contributed by atoms with E-state index in [1.165, 1.54) is 17.0 Å². The quantitative estimate of drug-likeness (QED) is 0.264. The van der Waals surface area contributed by atoms with Gasteiger partial charge in [0.1, 0.15) is 5.82 Å². The molecule has 2 bridgehead atoms. The number of carbonyl (C=O) groups excluding carboxylic acids is 1. The molecule has 5 rings (SSSR count). The smallest absolute Gasteiger partial charge is 0.407 e. The lowest BCUT2D eigenvalue weighted by Crippen LogP contribution is -2.58. The molecule has 0 radical (unpaired) electrons. The number of nitrogens with one attached hydrogen (secondary N) is 2. The fraction of sp³-hybridized carbons (Fsp3) is 0.517. The summed E-state index contributed by atoms with van der Waals surface area (Å²) in [6, 6.07) is 10.5. The SMILES string of the molecule is N[C@H](C(=O)Nc1cccc(F)c1CC[C@H]1CN[C@@H]2CCCS(O)(O)N1C2)C1(c2ccc(Cl)cc2)CCN(C(=O)O)CC1. The molecule has 7 N–H and O–H groups in total. The Hall–Kier alpha value is -2.45. The highest BCUT2D eigenvalue weighted by Crippen LogP contribution is 2.49. The lowest BCUT2D eigenvalue weighted by Gasteiger charge is -2.49. The summed E-state index contributed by atoms with van der Waals surface area (Å²) in [5.74, 6) is -0.628. The van der Waals surface area contributed by atoms with Crippen LogP contribution < -0.4 is 16.4 Å². The van der Waals surface area contributed by atoms with Crippen molar-refractivity contribution in [3.8, 4) is 0 Å². The van der Waals surface area contributed by atoms with Crippen LogP contribution >= 0.6 is 22.4 Å². The summed E-state index contributed by atoms with van der Waals surface area (Å²) in [5, 5.41) is 16.4. The molecule has 4 atom stereocenters. The highest BCUT2D eigenvalue weighted by atomic mass is 35.5. The third-order valence-electron chi connectivity index (χ3n) is 9.12. The standard InChI is InChI=1S/C29H39ClFN5O5S/c30-20-8-6-19(7-9-20)29(12-14-35(15-13-29)28(38)39)26(32)27(37)34-25-5-1-4-24(31)23(25)11-10-22-17-33-21-3-2-16-42(40,41)36(22)18-21/h1,4-9,21-22,26,33,40-41H,2-3,10-18,32H2,(H,34,37)(H,38,39)/t21-,22+,26-/m1/s1. The normalized spacial score (nSPS) is 26.5. The topological polar surface area (TPSA) is 151 Å². The number of piperazine rings is 1. The average Bonchev–Trinajstić information content (AvgIpc) is 3.08. The van der Waals surface area contributed by atoms with Gasteiger partial charge < -0.3 is 26.4 Å². The van der Waals surface area contributed by atoms with E-state index < -0.39 is 40.1 Å². The molecule has 2 aromatic carbocycles. The highest BCUT2D eigenvalue weighted by Gasteiger charge is 2.45. The number of hydrogen-bond donors (Lipinski definition) is 6. The molecule has 3 saturated heterocycles. The number of rotatable bonds is 7. The van der Waals surface area contributed by atoms with Gasteiger partial charge in [0, 0.05) is 60.0 Å². The van der Waals surface area contributed by atoms with Crippen molar-refractivity contribution in [2.24, 2.45) is 5.73 Å². The van der Waals surface area contributed by atoms with Gasteiger partial charge in [0.05, 0.1) is 11.8 Å². The van der Waals surface area contributed by atoms with Crippen LogP contribution in [0.1, 0.15) is 43.2 Å². The second-order valence-electron chi connectivity index (χ2n) is 11.5. The number of nitrogens with two attached hydrogens (primary N) is 1. The molecular formula is C29H39ClFN5O5S. The van der Waals surface area contributed by atoms with Crippen molar-refractivity contribution < 1.29 is 28.2 Å². The van der Waals surface area contributed by atoms with Gasteiger partial charge in [-0.25, -0.2) is 13.5 Å². The molecule has 3 heterocycles. The minimum absolute atomic E-state index is 0.192. The second kappa shape index (κ2) is 12.7. The highest BCUT2D eigenvalue weighted by molar-refractivity contribution is 8.22. The first kappa shape index (κ1) is 31.0. The van der Waals surface area contributed by atoms with Crippen LogP contribution in [0.4, 0.5) is 14.9 Å². The Morgan fingerprint density at radius 3 is 2.60 bits per heavy atom. The summed E-state index contributed by atoms with van der Waals surface area (Å²) in [7, 11) is -2.89. The molecule has 1 unspecified atom stereocenters. The average molecular weight is 624 g/mol. The van der Waals surface area contributed by atoms with E-state index in [0.29, 0.717) is 54.4 Å². The van der Waals surface area contributed by atoms with Crippen LogP contribution in [0.2, 0.25) is 5.02 Å². The monoisotopic (exact) mass is 623 g/mol. The fourth-order valence-corrected chi connectivity index (χ4v) is 8.62. The zero-order chi connectivity index (χ0) is 30.1. The van der Waals surface area contributed by atoms with E-state index in [0.717, 1.165) is 18.4 Å². The number of carbonyl (C=O) groups is 2. The first-order valence-corrected chi connectivity index (χ1v) is 16.4.